The second-order valence-electron chi connectivity index (χ2n) is 11.8. The number of methoxy groups -OCH3 is 1. The Hall–Kier alpha value is -4.06. The summed E-state index contributed by atoms with van der Waals surface area (Å²) in [4.78, 5) is 25.3. The highest BCUT2D eigenvalue weighted by molar-refractivity contribution is 5.99. The van der Waals surface area contributed by atoms with Crippen LogP contribution in [0.2, 0.25) is 0 Å². The van der Waals surface area contributed by atoms with Crippen molar-refractivity contribution in [2.24, 2.45) is 7.05 Å². The zero-order valence-electron chi connectivity index (χ0n) is 25.5. The average molecular weight is 555 g/mol. The molecule has 0 aliphatic heterocycles. The molecule has 41 heavy (non-hydrogen) atoms. The zero-order chi connectivity index (χ0) is 29.9. The van der Waals surface area contributed by atoms with Crippen LogP contribution in [0.3, 0.4) is 0 Å². The lowest BCUT2D eigenvalue weighted by atomic mass is 9.85. The molecule has 0 spiro atoms. The van der Waals surface area contributed by atoms with E-state index in [1.54, 1.807) is 0 Å². The van der Waals surface area contributed by atoms with Crippen molar-refractivity contribution < 1.29 is 19.1 Å². The predicted octanol–water partition coefficient (Wildman–Crippen LogP) is 7.20. The molecule has 0 fully saturated rings. The summed E-state index contributed by atoms with van der Waals surface area (Å²) in [5.41, 5.74) is 7.43. The minimum atomic E-state index is -0.635. The Morgan fingerprint density at radius 2 is 1.73 bits per heavy atom. The molecular formula is C35H42N2O4. The standard InChI is InChI=1S/C35H42N2O4/c1-9-32(34(39)40-8)41-28-15-10-12-24(18-28)19-30-23(3)37(7)31-21-26(16-17-29(30)31)33(38)36-22(2)25-13-11-14-27(20-25)35(4,5)6/h10-18,20-22,32H,9,19H2,1-8H3,(H,36,38)/t22-,32?/m0/s1. The summed E-state index contributed by atoms with van der Waals surface area (Å²) in [5, 5.41) is 4.29. The van der Waals surface area contributed by atoms with Gasteiger partial charge in [0.1, 0.15) is 5.75 Å². The highest BCUT2D eigenvalue weighted by Crippen LogP contribution is 2.30. The van der Waals surface area contributed by atoms with Gasteiger partial charge in [-0.15, -0.1) is 0 Å². The topological polar surface area (TPSA) is 69.6 Å². The number of esters is 1. The van der Waals surface area contributed by atoms with E-state index in [0.717, 1.165) is 27.7 Å². The first-order valence-corrected chi connectivity index (χ1v) is 14.3. The van der Waals surface area contributed by atoms with Crippen LogP contribution in [0.25, 0.3) is 10.9 Å². The van der Waals surface area contributed by atoms with Crippen molar-refractivity contribution in [2.75, 3.05) is 7.11 Å². The van der Waals surface area contributed by atoms with Gasteiger partial charge < -0.3 is 19.4 Å². The normalized spacial score (nSPS) is 13.1. The van der Waals surface area contributed by atoms with Gasteiger partial charge in [-0.1, -0.05) is 70.2 Å². The third-order valence-electron chi connectivity index (χ3n) is 7.88. The number of hydrogen-bond acceptors (Lipinski definition) is 4. The molecule has 4 rings (SSSR count). The fraction of sp³-hybridized carbons (Fsp3) is 0.371. The fourth-order valence-electron chi connectivity index (χ4n) is 5.17. The van der Waals surface area contributed by atoms with E-state index in [1.807, 2.05) is 57.3 Å². The summed E-state index contributed by atoms with van der Waals surface area (Å²) in [6.45, 7) is 12.6. The number of fused-ring (bicyclic) bond motifs is 1. The van der Waals surface area contributed by atoms with Gasteiger partial charge in [0, 0.05) is 29.2 Å². The minimum absolute atomic E-state index is 0.0439. The molecule has 0 saturated heterocycles. The van der Waals surface area contributed by atoms with E-state index in [1.165, 1.54) is 18.2 Å². The van der Waals surface area contributed by atoms with Crippen molar-refractivity contribution in [1.29, 1.82) is 0 Å². The van der Waals surface area contributed by atoms with Gasteiger partial charge in [0.05, 0.1) is 13.2 Å². The van der Waals surface area contributed by atoms with Crippen molar-refractivity contribution in [3.05, 3.63) is 100 Å². The quantitative estimate of drug-likeness (QED) is 0.222. The second-order valence-corrected chi connectivity index (χ2v) is 11.8. The molecule has 1 unspecified atom stereocenters. The van der Waals surface area contributed by atoms with Crippen molar-refractivity contribution >= 4 is 22.8 Å². The molecule has 6 nitrogen and oxygen atoms in total. The highest BCUT2D eigenvalue weighted by Gasteiger charge is 2.21. The number of ether oxygens (including phenoxy) is 2. The number of benzene rings is 3. The Balaban J connectivity index is 1.55. The van der Waals surface area contributed by atoms with E-state index in [0.29, 0.717) is 24.2 Å². The SMILES string of the molecule is CCC(Oc1cccc(Cc2c(C)n(C)c3cc(C(=O)N[C@@H](C)c4cccc(C(C)(C)C)c4)ccc23)c1)C(=O)OC. The van der Waals surface area contributed by atoms with Crippen LogP contribution in [0.1, 0.15) is 85.4 Å². The number of aromatic nitrogens is 1. The average Bonchev–Trinajstić information content (AvgIpc) is 3.19. The first-order chi connectivity index (χ1) is 19.4. The van der Waals surface area contributed by atoms with Crippen molar-refractivity contribution in [3.63, 3.8) is 0 Å². The summed E-state index contributed by atoms with van der Waals surface area (Å²) < 4.78 is 12.9. The summed E-state index contributed by atoms with van der Waals surface area (Å²) in [6.07, 6.45) is 0.587. The van der Waals surface area contributed by atoms with Crippen LogP contribution in [-0.4, -0.2) is 29.7 Å². The van der Waals surface area contributed by atoms with Crippen molar-refractivity contribution in [2.45, 2.75) is 71.9 Å². The number of carbonyl (C=O) groups is 2. The van der Waals surface area contributed by atoms with Crippen LogP contribution in [-0.2, 0) is 28.4 Å². The molecular weight excluding hydrogens is 512 g/mol. The molecule has 1 N–H and O–H groups in total. The van der Waals surface area contributed by atoms with E-state index >= 15 is 0 Å². The number of aryl methyl sites for hydroxylation is 1. The van der Waals surface area contributed by atoms with Gasteiger partial charge in [-0.2, -0.15) is 0 Å². The van der Waals surface area contributed by atoms with Crippen LogP contribution in [0, 0.1) is 6.92 Å². The van der Waals surface area contributed by atoms with Crippen LogP contribution in [0.5, 0.6) is 5.75 Å². The van der Waals surface area contributed by atoms with Crippen LogP contribution >= 0.6 is 0 Å². The highest BCUT2D eigenvalue weighted by atomic mass is 16.6. The Labute approximate surface area is 243 Å². The Kier molecular flexibility index (Phi) is 8.91. The van der Waals surface area contributed by atoms with Crippen molar-refractivity contribution in [1.82, 2.24) is 9.88 Å². The smallest absolute Gasteiger partial charge is 0.347 e. The number of rotatable bonds is 9. The van der Waals surface area contributed by atoms with Crippen LogP contribution < -0.4 is 10.1 Å². The van der Waals surface area contributed by atoms with E-state index in [2.05, 4.69) is 67.9 Å². The fourth-order valence-corrected chi connectivity index (χ4v) is 5.17. The summed E-state index contributed by atoms with van der Waals surface area (Å²) in [5.74, 6) is 0.163. The monoisotopic (exact) mass is 554 g/mol. The molecule has 4 aromatic rings. The number of hydrogen-bond donors (Lipinski definition) is 1. The van der Waals surface area contributed by atoms with Gasteiger partial charge in [0.2, 0.25) is 0 Å². The molecule has 1 amide bonds. The Morgan fingerprint density at radius 3 is 2.41 bits per heavy atom. The Bertz CT molecular complexity index is 1560. The molecule has 1 heterocycles. The first kappa shape index (κ1) is 29.9. The minimum Gasteiger partial charge on any atom is -0.479 e. The summed E-state index contributed by atoms with van der Waals surface area (Å²) >= 11 is 0. The molecule has 216 valence electrons. The predicted molar refractivity (Wildman–Crippen MR) is 165 cm³/mol. The number of nitrogens with zero attached hydrogens (tertiary/aromatic N) is 1. The molecule has 0 aliphatic carbocycles. The maximum Gasteiger partial charge on any atom is 0.347 e. The number of nitrogens with one attached hydrogen (secondary N) is 1. The van der Waals surface area contributed by atoms with E-state index in [4.69, 9.17) is 9.47 Å². The van der Waals surface area contributed by atoms with Gasteiger partial charge in [0.25, 0.3) is 5.91 Å². The van der Waals surface area contributed by atoms with Gasteiger partial charge >= 0.3 is 5.97 Å². The maximum absolute atomic E-state index is 13.3. The van der Waals surface area contributed by atoms with Crippen molar-refractivity contribution in [3.8, 4) is 5.75 Å². The largest absolute Gasteiger partial charge is 0.479 e. The maximum atomic E-state index is 13.3. The third-order valence-corrected chi connectivity index (χ3v) is 7.88. The van der Waals surface area contributed by atoms with E-state index in [9.17, 15) is 9.59 Å². The van der Waals surface area contributed by atoms with Gasteiger partial charge in [-0.25, -0.2) is 4.79 Å². The number of carbonyl (C=O) groups excluding carboxylic acids is 2. The molecule has 0 aliphatic rings. The van der Waals surface area contributed by atoms with Crippen LogP contribution in [0.15, 0.2) is 66.7 Å². The molecule has 0 saturated carbocycles. The van der Waals surface area contributed by atoms with E-state index < -0.39 is 6.10 Å². The van der Waals surface area contributed by atoms with Gasteiger partial charge in [0.15, 0.2) is 6.10 Å². The molecule has 0 bridgehead atoms. The second kappa shape index (κ2) is 12.2. The lowest BCUT2D eigenvalue weighted by Crippen LogP contribution is -2.27. The molecule has 3 aromatic carbocycles. The molecule has 0 radical (unpaired) electrons. The van der Waals surface area contributed by atoms with Gasteiger partial charge in [-0.3, -0.25) is 4.79 Å². The molecule has 6 heteroatoms. The number of amides is 1. The summed E-state index contributed by atoms with van der Waals surface area (Å²) in [6, 6.07) is 22.1. The first-order valence-electron chi connectivity index (χ1n) is 14.3. The zero-order valence-corrected chi connectivity index (χ0v) is 25.5. The lowest BCUT2D eigenvalue weighted by molar-refractivity contribution is -0.148. The van der Waals surface area contributed by atoms with Gasteiger partial charge in [-0.05, 0) is 78.6 Å². The summed E-state index contributed by atoms with van der Waals surface area (Å²) in [7, 11) is 3.40. The van der Waals surface area contributed by atoms with Crippen LogP contribution in [0.4, 0.5) is 0 Å². The lowest BCUT2D eigenvalue weighted by Gasteiger charge is -2.22. The Morgan fingerprint density at radius 1 is 1.00 bits per heavy atom. The molecule has 2 atom stereocenters. The molecule has 1 aromatic heterocycles. The van der Waals surface area contributed by atoms with E-state index in [-0.39, 0.29) is 23.3 Å². The third kappa shape index (κ3) is 6.64.